The van der Waals surface area contributed by atoms with Crippen molar-refractivity contribution in [3.63, 3.8) is 0 Å². The molecular formula is C10H11BrO2. The first kappa shape index (κ1) is 8.88. The minimum atomic E-state index is -0.239. The summed E-state index contributed by atoms with van der Waals surface area (Å²) in [6.45, 7) is 4.61. The van der Waals surface area contributed by atoms with Crippen LogP contribution in [-0.2, 0) is 0 Å². The summed E-state index contributed by atoms with van der Waals surface area (Å²) in [4.78, 5) is 0. The highest BCUT2D eigenvalue weighted by Gasteiger charge is 2.29. The average Bonchev–Trinajstić information content (AvgIpc) is 2.06. The lowest BCUT2D eigenvalue weighted by atomic mass is 10.1. The number of benzene rings is 1. The van der Waals surface area contributed by atoms with Crippen molar-refractivity contribution in [3.8, 4) is 11.5 Å². The Kier molecular flexibility index (Phi) is 1.99. The summed E-state index contributed by atoms with van der Waals surface area (Å²) in [5, 5.41) is 0. The van der Waals surface area contributed by atoms with E-state index < -0.39 is 0 Å². The molecule has 0 aromatic heterocycles. The van der Waals surface area contributed by atoms with Crippen LogP contribution < -0.4 is 9.47 Å². The normalized spacial score (nSPS) is 18.4. The quantitative estimate of drug-likeness (QED) is 0.697. The monoisotopic (exact) mass is 242 g/mol. The Bertz CT molecular complexity index is 334. The van der Waals surface area contributed by atoms with E-state index in [-0.39, 0.29) is 5.60 Å². The van der Waals surface area contributed by atoms with Gasteiger partial charge in [0.25, 0.3) is 0 Å². The van der Waals surface area contributed by atoms with E-state index in [4.69, 9.17) is 9.47 Å². The van der Waals surface area contributed by atoms with Gasteiger partial charge in [0.2, 0.25) is 0 Å². The van der Waals surface area contributed by atoms with Gasteiger partial charge < -0.3 is 9.47 Å². The summed E-state index contributed by atoms with van der Waals surface area (Å²) in [6, 6.07) is 5.80. The Balaban J connectivity index is 2.44. The van der Waals surface area contributed by atoms with Gasteiger partial charge in [-0.05, 0) is 41.9 Å². The molecule has 3 heteroatoms. The Morgan fingerprint density at radius 2 is 2.15 bits per heavy atom. The zero-order chi connectivity index (χ0) is 9.47. The Morgan fingerprint density at radius 3 is 2.92 bits per heavy atom. The molecule has 0 N–H and O–H groups in total. The lowest BCUT2D eigenvalue weighted by Crippen LogP contribution is -2.38. The lowest BCUT2D eigenvalue weighted by molar-refractivity contribution is 0.0205. The molecule has 0 radical (unpaired) electrons. The predicted octanol–water partition coefficient (Wildman–Crippen LogP) is 3.00. The van der Waals surface area contributed by atoms with Crippen LogP contribution in [0.2, 0.25) is 0 Å². The first-order valence-electron chi connectivity index (χ1n) is 4.19. The molecule has 0 saturated heterocycles. The van der Waals surface area contributed by atoms with Crippen molar-refractivity contribution in [2.45, 2.75) is 19.4 Å². The van der Waals surface area contributed by atoms with E-state index in [0.717, 1.165) is 16.0 Å². The van der Waals surface area contributed by atoms with Gasteiger partial charge in [0, 0.05) is 0 Å². The fourth-order valence-corrected chi connectivity index (χ4v) is 1.69. The van der Waals surface area contributed by atoms with Gasteiger partial charge in [0.05, 0.1) is 4.47 Å². The van der Waals surface area contributed by atoms with E-state index in [9.17, 15) is 0 Å². The second kappa shape index (κ2) is 2.91. The number of hydrogen-bond donors (Lipinski definition) is 0. The van der Waals surface area contributed by atoms with Gasteiger partial charge in [-0.25, -0.2) is 0 Å². The molecule has 1 aliphatic heterocycles. The third kappa shape index (κ3) is 1.66. The van der Waals surface area contributed by atoms with Gasteiger partial charge in [-0.15, -0.1) is 0 Å². The highest BCUT2D eigenvalue weighted by atomic mass is 79.9. The zero-order valence-corrected chi connectivity index (χ0v) is 9.22. The van der Waals surface area contributed by atoms with E-state index in [0.29, 0.717) is 6.61 Å². The number of para-hydroxylation sites is 1. The smallest absolute Gasteiger partial charge is 0.176 e. The molecule has 0 fully saturated rings. The topological polar surface area (TPSA) is 18.5 Å². The number of fused-ring (bicyclic) bond motifs is 1. The van der Waals surface area contributed by atoms with Crippen LogP contribution in [0.25, 0.3) is 0 Å². The maximum absolute atomic E-state index is 5.78. The van der Waals surface area contributed by atoms with Crippen molar-refractivity contribution >= 4 is 15.9 Å². The molecule has 1 aliphatic rings. The van der Waals surface area contributed by atoms with Crippen molar-refractivity contribution in [2.24, 2.45) is 0 Å². The van der Waals surface area contributed by atoms with Crippen molar-refractivity contribution in [3.05, 3.63) is 22.7 Å². The van der Waals surface area contributed by atoms with E-state index in [1.54, 1.807) is 0 Å². The minimum absolute atomic E-state index is 0.239. The predicted molar refractivity (Wildman–Crippen MR) is 54.3 cm³/mol. The number of halogens is 1. The Hall–Kier alpha value is -0.700. The molecule has 1 aromatic carbocycles. The summed E-state index contributed by atoms with van der Waals surface area (Å²) in [5.74, 6) is 1.62. The molecule has 0 saturated carbocycles. The van der Waals surface area contributed by atoms with E-state index >= 15 is 0 Å². The SMILES string of the molecule is CC1(C)COc2cccc(Br)c2O1. The molecule has 70 valence electrons. The fourth-order valence-electron chi connectivity index (χ4n) is 1.26. The first-order chi connectivity index (χ1) is 6.08. The molecule has 2 rings (SSSR count). The number of rotatable bonds is 0. The van der Waals surface area contributed by atoms with Crippen molar-refractivity contribution in [1.29, 1.82) is 0 Å². The van der Waals surface area contributed by atoms with Gasteiger partial charge in [0.1, 0.15) is 12.2 Å². The second-order valence-corrected chi connectivity index (χ2v) is 4.57. The summed E-state index contributed by atoms with van der Waals surface area (Å²) < 4.78 is 12.3. The summed E-state index contributed by atoms with van der Waals surface area (Å²) in [7, 11) is 0. The van der Waals surface area contributed by atoms with Crippen LogP contribution in [0.1, 0.15) is 13.8 Å². The molecule has 0 aliphatic carbocycles. The van der Waals surface area contributed by atoms with Crippen LogP contribution in [0.4, 0.5) is 0 Å². The number of hydrogen-bond acceptors (Lipinski definition) is 2. The molecule has 0 spiro atoms. The molecule has 0 bridgehead atoms. The molecule has 0 amide bonds. The average molecular weight is 243 g/mol. The first-order valence-corrected chi connectivity index (χ1v) is 4.98. The molecular weight excluding hydrogens is 232 g/mol. The lowest BCUT2D eigenvalue weighted by Gasteiger charge is -2.32. The third-order valence-corrected chi connectivity index (χ3v) is 2.51. The summed E-state index contributed by atoms with van der Waals surface area (Å²) in [5.41, 5.74) is -0.239. The highest BCUT2D eigenvalue weighted by Crippen LogP contribution is 2.40. The van der Waals surface area contributed by atoms with Crippen molar-refractivity contribution < 1.29 is 9.47 Å². The van der Waals surface area contributed by atoms with Crippen molar-refractivity contribution in [2.75, 3.05) is 6.61 Å². The molecule has 2 nitrogen and oxygen atoms in total. The standard InChI is InChI=1S/C10H11BrO2/c1-10(2)6-12-8-5-3-4-7(11)9(8)13-10/h3-5H,6H2,1-2H3. The minimum Gasteiger partial charge on any atom is -0.486 e. The molecule has 0 atom stereocenters. The highest BCUT2D eigenvalue weighted by molar-refractivity contribution is 9.10. The molecule has 0 unspecified atom stereocenters. The van der Waals surface area contributed by atoms with Gasteiger partial charge in [-0.1, -0.05) is 6.07 Å². The van der Waals surface area contributed by atoms with Gasteiger partial charge in [-0.3, -0.25) is 0 Å². The van der Waals surface area contributed by atoms with Crippen LogP contribution in [0.3, 0.4) is 0 Å². The van der Waals surface area contributed by atoms with E-state index in [2.05, 4.69) is 15.9 Å². The molecule has 1 heterocycles. The van der Waals surface area contributed by atoms with Gasteiger partial charge in [-0.2, -0.15) is 0 Å². The third-order valence-electron chi connectivity index (χ3n) is 1.88. The molecule has 1 aromatic rings. The number of ether oxygens (including phenoxy) is 2. The van der Waals surface area contributed by atoms with Crippen LogP contribution in [0.15, 0.2) is 22.7 Å². The van der Waals surface area contributed by atoms with Gasteiger partial charge in [0.15, 0.2) is 11.5 Å². The second-order valence-electron chi connectivity index (χ2n) is 3.72. The van der Waals surface area contributed by atoms with E-state index in [1.807, 2.05) is 32.0 Å². The van der Waals surface area contributed by atoms with E-state index in [1.165, 1.54) is 0 Å². The Labute approximate surface area is 86.0 Å². The zero-order valence-electron chi connectivity index (χ0n) is 7.63. The fraction of sp³-hybridized carbons (Fsp3) is 0.400. The Morgan fingerprint density at radius 1 is 1.38 bits per heavy atom. The summed E-state index contributed by atoms with van der Waals surface area (Å²) in [6.07, 6.45) is 0. The van der Waals surface area contributed by atoms with Crippen LogP contribution in [0, 0.1) is 0 Å². The largest absolute Gasteiger partial charge is 0.486 e. The van der Waals surface area contributed by atoms with Gasteiger partial charge >= 0.3 is 0 Å². The van der Waals surface area contributed by atoms with Crippen LogP contribution in [-0.4, -0.2) is 12.2 Å². The van der Waals surface area contributed by atoms with Crippen molar-refractivity contribution in [1.82, 2.24) is 0 Å². The maximum Gasteiger partial charge on any atom is 0.176 e. The summed E-state index contributed by atoms with van der Waals surface area (Å²) >= 11 is 3.43. The van der Waals surface area contributed by atoms with Crippen LogP contribution in [0.5, 0.6) is 11.5 Å². The maximum atomic E-state index is 5.78. The van der Waals surface area contributed by atoms with Crippen LogP contribution >= 0.6 is 15.9 Å². The molecule has 13 heavy (non-hydrogen) atoms.